The van der Waals surface area contributed by atoms with Crippen molar-refractivity contribution in [2.24, 2.45) is 0 Å². The Morgan fingerprint density at radius 3 is 2.21 bits per heavy atom. The number of aromatic nitrogens is 2. The first-order valence-electron chi connectivity index (χ1n) is 11.2. The van der Waals surface area contributed by atoms with Crippen molar-refractivity contribution in [3.8, 4) is 11.3 Å². The van der Waals surface area contributed by atoms with Crippen molar-refractivity contribution in [1.29, 1.82) is 0 Å². The maximum Gasteiger partial charge on any atom is 0.266 e. The van der Waals surface area contributed by atoms with Crippen LogP contribution in [-0.4, -0.2) is 56.9 Å². The van der Waals surface area contributed by atoms with Crippen LogP contribution in [0.5, 0.6) is 0 Å². The van der Waals surface area contributed by atoms with Crippen molar-refractivity contribution >= 4 is 17.7 Å². The van der Waals surface area contributed by atoms with Crippen molar-refractivity contribution in [3.63, 3.8) is 0 Å². The number of benzene rings is 2. The molecule has 0 aliphatic carbocycles. The van der Waals surface area contributed by atoms with Gasteiger partial charge in [0.05, 0.1) is 12.2 Å². The van der Waals surface area contributed by atoms with Gasteiger partial charge in [0.15, 0.2) is 0 Å². The van der Waals surface area contributed by atoms with Gasteiger partial charge < -0.3 is 4.90 Å². The third kappa shape index (κ3) is 5.46. The zero-order valence-corrected chi connectivity index (χ0v) is 19.0. The number of hydrogen-bond acceptors (Lipinski definition) is 5. The molecule has 1 saturated heterocycles. The van der Waals surface area contributed by atoms with Crippen LogP contribution in [0.25, 0.3) is 11.3 Å². The molecule has 2 aromatic carbocycles. The highest BCUT2D eigenvalue weighted by molar-refractivity contribution is 6.02. The van der Waals surface area contributed by atoms with E-state index in [9.17, 15) is 19.2 Å². The number of amides is 3. The lowest BCUT2D eigenvalue weighted by molar-refractivity contribution is -0.156. The van der Waals surface area contributed by atoms with Gasteiger partial charge in [0, 0.05) is 24.6 Å². The van der Waals surface area contributed by atoms with E-state index in [1.54, 1.807) is 6.07 Å². The fraction of sp³-hybridized carbons (Fsp3) is 0.269. The van der Waals surface area contributed by atoms with E-state index < -0.39 is 11.8 Å². The monoisotopic (exact) mass is 458 g/mol. The zero-order valence-electron chi connectivity index (χ0n) is 19.0. The summed E-state index contributed by atoms with van der Waals surface area (Å²) in [5.74, 6) is -1.15. The van der Waals surface area contributed by atoms with E-state index >= 15 is 0 Å². The minimum Gasteiger partial charge on any atom is -0.324 e. The van der Waals surface area contributed by atoms with Crippen LogP contribution in [-0.2, 0) is 27.3 Å². The van der Waals surface area contributed by atoms with E-state index in [-0.39, 0.29) is 44.1 Å². The molecule has 34 heavy (non-hydrogen) atoms. The predicted molar refractivity (Wildman–Crippen MR) is 127 cm³/mol. The highest BCUT2D eigenvalue weighted by Gasteiger charge is 2.32. The Balaban J connectivity index is 1.35. The number of aryl methyl sites for hydroxylation is 2. The molecular weight excluding hydrogens is 432 g/mol. The largest absolute Gasteiger partial charge is 0.324 e. The topological polar surface area (TPSA) is 92.6 Å². The van der Waals surface area contributed by atoms with Crippen LogP contribution < -0.4 is 5.56 Å². The molecule has 0 radical (unpaired) electrons. The van der Waals surface area contributed by atoms with E-state index in [1.807, 2.05) is 61.5 Å². The first-order chi connectivity index (χ1) is 16.4. The maximum atomic E-state index is 12.7. The minimum atomic E-state index is -0.391. The lowest BCUT2D eigenvalue weighted by Gasteiger charge is -2.32. The molecule has 0 N–H and O–H groups in total. The Labute approximate surface area is 197 Å². The molecule has 3 amide bonds. The highest BCUT2D eigenvalue weighted by atomic mass is 16.2. The van der Waals surface area contributed by atoms with Gasteiger partial charge in [-0.25, -0.2) is 4.68 Å². The molecule has 0 saturated carbocycles. The summed E-state index contributed by atoms with van der Waals surface area (Å²) in [6, 6.07) is 20.5. The average Bonchev–Trinajstić information content (AvgIpc) is 2.84. The van der Waals surface area contributed by atoms with Gasteiger partial charge in [0.2, 0.25) is 17.7 Å². The van der Waals surface area contributed by atoms with Crippen LogP contribution in [0, 0.1) is 6.92 Å². The lowest BCUT2D eigenvalue weighted by atomic mass is 10.1. The molecule has 8 heteroatoms. The van der Waals surface area contributed by atoms with Crippen LogP contribution in [0.4, 0.5) is 0 Å². The first kappa shape index (κ1) is 23.1. The van der Waals surface area contributed by atoms with E-state index in [4.69, 9.17) is 0 Å². The number of carbonyl (C=O) groups excluding carboxylic acids is 3. The van der Waals surface area contributed by atoms with Crippen LogP contribution in [0.2, 0.25) is 0 Å². The summed E-state index contributed by atoms with van der Waals surface area (Å²) in [4.78, 5) is 52.5. The zero-order chi connectivity index (χ0) is 24.1. The second kappa shape index (κ2) is 10.2. The second-order valence-corrected chi connectivity index (χ2v) is 8.32. The van der Waals surface area contributed by atoms with Gasteiger partial charge in [-0.05, 0) is 25.0 Å². The smallest absolute Gasteiger partial charge is 0.266 e. The predicted octanol–water partition coefficient (Wildman–Crippen LogP) is 2.05. The molecule has 0 bridgehead atoms. The summed E-state index contributed by atoms with van der Waals surface area (Å²) in [5.41, 5.74) is 3.33. The van der Waals surface area contributed by atoms with E-state index in [1.165, 1.54) is 20.5 Å². The van der Waals surface area contributed by atoms with E-state index in [2.05, 4.69) is 5.10 Å². The number of hydrogen-bond donors (Lipinski definition) is 0. The van der Waals surface area contributed by atoms with E-state index in [0.29, 0.717) is 12.1 Å². The van der Waals surface area contributed by atoms with Gasteiger partial charge in [-0.3, -0.25) is 24.1 Å². The number of piperazine rings is 1. The average molecular weight is 459 g/mol. The molecule has 174 valence electrons. The van der Waals surface area contributed by atoms with Gasteiger partial charge in [-0.15, -0.1) is 0 Å². The van der Waals surface area contributed by atoms with Crippen molar-refractivity contribution in [2.45, 2.75) is 26.3 Å². The molecule has 2 heterocycles. The quantitative estimate of drug-likeness (QED) is 0.506. The Hall–Kier alpha value is -4.07. The molecule has 1 fully saturated rings. The summed E-state index contributed by atoms with van der Waals surface area (Å²) >= 11 is 0. The molecule has 0 atom stereocenters. The van der Waals surface area contributed by atoms with Gasteiger partial charge in [0.25, 0.3) is 5.56 Å². The normalized spacial score (nSPS) is 13.9. The number of nitrogens with zero attached hydrogens (tertiary/aromatic N) is 4. The molecule has 1 aliphatic rings. The maximum absolute atomic E-state index is 12.7. The van der Waals surface area contributed by atoms with Gasteiger partial charge in [0.1, 0.15) is 13.1 Å². The molecule has 3 aromatic rings. The van der Waals surface area contributed by atoms with Crippen LogP contribution in [0.3, 0.4) is 0 Å². The third-order valence-electron chi connectivity index (χ3n) is 5.83. The molecule has 0 unspecified atom stereocenters. The van der Waals surface area contributed by atoms with Crippen molar-refractivity contribution in [2.75, 3.05) is 19.6 Å². The fourth-order valence-electron chi connectivity index (χ4n) is 3.85. The van der Waals surface area contributed by atoms with Crippen molar-refractivity contribution < 1.29 is 14.4 Å². The lowest BCUT2D eigenvalue weighted by Crippen LogP contribution is -2.56. The first-order valence-corrected chi connectivity index (χ1v) is 11.2. The Morgan fingerprint density at radius 2 is 1.53 bits per heavy atom. The summed E-state index contributed by atoms with van der Waals surface area (Å²) in [6.07, 6.45) is 0.535. The van der Waals surface area contributed by atoms with Crippen LogP contribution in [0.1, 0.15) is 17.5 Å². The highest BCUT2D eigenvalue weighted by Crippen LogP contribution is 2.16. The minimum absolute atomic E-state index is 0.0329. The summed E-state index contributed by atoms with van der Waals surface area (Å²) in [5, 5.41) is 4.38. The molecule has 1 aliphatic heterocycles. The number of rotatable bonds is 7. The van der Waals surface area contributed by atoms with Crippen LogP contribution >= 0.6 is 0 Å². The van der Waals surface area contributed by atoms with Crippen molar-refractivity contribution in [1.82, 2.24) is 19.6 Å². The third-order valence-corrected chi connectivity index (χ3v) is 5.83. The van der Waals surface area contributed by atoms with E-state index in [0.717, 1.165) is 16.7 Å². The summed E-state index contributed by atoms with van der Waals surface area (Å²) in [7, 11) is 0. The Morgan fingerprint density at radius 1 is 0.853 bits per heavy atom. The standard InChI is InChI=1S/C26H26N4O4/c1-19-7-9-21(10-8-19)22-11-12-24(32)30(27-22)16-14-23(31)28-17-25(33)29(26(34)18-28)15-13-20-5-3-2-4-6-20/h2-12H,13-18H2,1H3. The van der Waals surface area contributed by atoms with Gasteiger partial charge >= 0.3 is 0 Å². The van der Waals surface area contributed by atoms with Crippen LogP contribution in [0.15, 0.2) is 71.5 Å². The fourth-order valence-corrected chi connectivity index (χ4v) is 3.85. The molecular formula is C26H26N4O4. The number of carbonyl (C=O) groups is 3. The number of imide groups is 1. The molecule has 1 aromatic heterocycles. The molecule has 0 spiro atoms. The molecule has 4 rings (SSSR count). The Kier molecular flexibility index (Phi) is 6.96. The SMILES string of the molecule is Cc1ccc(-c2ccc(=O)n(CCC(=O)N3CC(=O)N(CCc4ccccc4)C(=O)C3)n2)cc1. The molecule has 8 nitrogen and oxygen atoms in total. The van der Waals surface area contributed by atoms with Crippen molar-refractivity contribution in [3.05, 3.63) is 88.2 Å². The Bertz CT molecular complexity index is 1230. The van der Waals surface area contributed by atoms with Gasteiger partial charge in [-0.2, -0.15) is 5.10 Å². The second-order valence-electron chi connectivity index (χ2n) is 8.32. The summed E-state index contributed by atoms with van der Waals surface area (Å²) in [6.45, 7) is 2.04. The summed E-state index contributed by atoms with van der Waals surface area (Å²) < 4.78 is 1.24. The van der Waals surface area contributed by atoms with Gasteiger partial charge in [-0.1, -0.05) is 60.2 Å².